The molecule has 0 aliphatic carbocycles. The van der Waals surface area contributed by atoms with Crippen LogP contribution in [0.1, 0.15) is 25.7 Å². The third-order valence-corrected chi connectivity index (χ3v) is 3.32. The van der Waals surface area contributed by atoms with Gasteiger partial charge in [-0.3, -0.25) is 10.5 Å². The highest BCUT2D eigenvalue weighted by Gasteiger charge is 2.17. The lowest BCUT2D eigenvalue weighted by molar-refractivity contribution is 0.726. The number of nitrogens with two attached hydrogens (primary N) is 1. The zero-order chi connectivity index (χ0) is 12.4. The summed E-state index contributed by atoms with van der Waals surface area (Å²) >= 11 is 0. The van der Waals surface area contributed by atoms with Crippen molar-refractivity contribution in [1.29, 1.82) is 0 Å². The summed E-state index contributed by atoms with van der Waals surface area (Å²) < 4.78 is 0. The average Bonchev–Trinajstić information content (AvgIpc) is 2.70. The largest absolute Gasteiger partial charge is 0.356 e. The van der Waals surface area contributed by atoms with Crippen molar-refractivity contribution in [3.8, 4) is 0 Å². The lowest BCUT2D eigenvalue weighted by atomic mass is 10.2. The molecule has 3 rings (SSSR count). The maximum Gasteiger partial charge on any atom is 0.241 e. The number of H-pyrrole nitrogens is 1. The molecule has 1 fully saturated rings. The molecule has 1 aliphatic rings. The van der Waals surface area contributed by atoms with Crippen molar-refractivity contribution in [2.75, 3.05) is 23.4 Å². The Morgan fingerprint density at radius 2 is 1.94 bits per heavy atom. The predicted octanol–water partition coefficient (Wildman–Crippen LogP) is 1.02. The van der Waals surface area contributed by atoms with E-state index in [9.17, 15) is 0 Å². The molecular formula is C11H17N7. The van der Waals surface area contributed by atoms with Gasteiger partial charge in [0, 0.05) is 13.1 Å². The van der Waals surface area contributed by atoms with Gasteiger partial charge in [0.1, 0.15) is 5.82 Å². The van der Waals surface area contributed by atoms with E-state index in [2.05, 4.69) is 30.5 Å². The third-order valence-electron chi connectivity index (χ3n) is 3.32. The van der Waals surface area contributed by atoms with Gasteiger partial charge < -0.3 is 4.90 Å². The van der Waals surface area contributed by atoms with E-state index in [0.29, 0.717) is 5.95 Å². The first-order chi connectivity index (χ1) is 8.88. The molecule has 0 saturated carbocycles. The summed E-state index contributed by atoms with van der Waals surface area (Å²) in [5.41, 5.74) is 3.23. The monoisotopic (exact) mass is 247 g/mol. The summed E-state index contributed by atoms with van der Waals surface area (Å²) in [4.78, 5) is 11.0. The zero-order valence-corrected chi connectivity index (χ0v) is 10.2. The van der Waals surface area contributed by atoms with Crippen molar-refractivity contribution in [2.45, 2.75) is 25.7 Å². The molecule has 0 bridgehead atoms. The van der Waals surface area contributed by atoms with Crippen molar-refractivity contribution in [3.05, 3.63) is 6.20 Å². The molecule has 0 amide bonds. The molecule has 1 aliphatic heterocycles. The molecule has 0 unspecified atom stereocenters. The normalized spacial score (nSPS) is 16.8. The van der Waals surface area contributed by atoms with Crippen LogP contribution >= 0.6 is 0 Å². The molecule has 2 aromatic rings. The van der Waals surface area contributed by atoms with Crippen LogP contribution in [-0.4, -0.2) is 33.3 Å². The quantitative estimate of drug-likeness (QED) is 0.541. The van der Waals surface area contributed by atoms with E-state index >= 15 is 0 Å². The topological polar surface area (TPSA) is 95.7 Å². The van der Waals surface area contributed by atoms with Crippen LogP contribution in [0, 0.1) is 0 Å². The Morgan fingerprint density at radius 3 is 2.67 bits per heavy atom. The van der Waals surface area contributed by atoms with Crippen LogP contribution in [0.2, 0.25) is 0 Å². The molecule has 0 radical (unpaired) electrons. The molecule has 0 aromatic carbocycles. The Bertz CT molecular complexity index is 527. The second-order valence-corrected chi connectivity index (χ2v) is 4.55. The minimum Gasteiger partial charge on any atom is -0.356 e. The van der Waals surface area contributed by atoms with Gasteiger partial charge in [-0.05, 0) is 12.8 Å². The fourth-order valence-corrected chi connectivity index (χ4v) is 2.41. The molecule has 0 spiro atoms. The summed E-state index contributed by atoms with van der Waals surface area (Å²) in [5, 5.41) is 7.85. The number of aromatic nitrogens is 4. The first-order valence-electron chi connectivity index (χ1n) is 6.31. The van der Waals surface area contributed by atoms with E-state index in [1.807, 2.05) is 0 Å². The molecule has 18 heavy (non-hydrogen) atoms. The van der Waals surface area contributed by atoms with Crippen molar-refractivity contribution in [2.24, 2.45) is 5.84 Å². The van der Waals surface area contributed by atoms with Gasteiger partial charge in [0.25, 0.3) is 0 Å². The van der Waals surface area contributed by atoms with Crippen LogP contribution < -0.4 is 16.2 Å². The molecule has 2 aromatic heterocycles. The van der Waals surface area contributed by atoms with Crippen LogP contribution in [0.3, 0.4) is 0 Å². The number of fused-ring (bicyclic) bond motifs is 1. The van der Waals surface area contributed by atoms with E-state index in [1.165, 1.54) is 25.7 Å². The van der Waals surface area contributed by atoms with Gasteiger partial charge in [-0.15, -0.1) is 0 Å². The fourth-order valence-electron chi connectivity index (χ4n) is 2.41. The van der Waals surface area contributed by atoms with Crippen molar-refractivity contribution in [1.82, 2.24) is 20.2 Å². The van der Waals surface area contributed by atoms with Gasteiger partial charge in [0.05, 0.1) is 11.6 Å². The van der Waals surface area contributed by atoms with E-state index in [1.54, 1.807) is 6.20 Å². The van der Waals surface area contributed by atoms with Crippen molar-refractivity contribution in [3.63, 3.8) is 0 Å². The predicted molar refractivity (Wildman–Crippen MR) is 70.2 cm³/mol. The number of hydrazine groups is 1. The minimum absolute atomic E-state index is 0.422. The number of nitrogens with one attached hydrogen (secondary N) is 2. The van der Waals surface area contributed by atoms with Crippen LogP contribution in [0.4, 0.5) is 11.8 Å². The molecule has 7 heteroatoms. The minimum atomic E-state index is 0.422. The summed E-state index contributed by atoms with van der Waals surface area (Å²) in [5.74, 6) is 6.75. The van der Waals surface area contributed by atoms with Crippen LogP contribution in [-0.2, 0) is 0 Å². The van der Waals surface area contributed by atoms with Crippen LogP contribution in [0.25, 0.3) is 11.0 Å². The molecule has 3 heterocycles. The molecule has 7 nitrogen and oxygen atoms in total. The van der Waals surface area contributed by atoms with Crippen molar-refractivity contribution < 1.29 is 0 Å². The van der Waals surface area contributed by atoms with Gasteiger partial charge in [-0.1, -0.05) is 12.8 Å². The standard InChI is InChI=1S/C11H17N7/c12-16-11-14-9-8(7-13-17-9)10(15-11)18-5-3-1-2-4-6-18/h7H,1-6,12H2,(H2,13,14,15,16,17). The molecular weight excluding hydrogens is 230 g/mol. The molecule has 96 valence electrons. The first-order valence-corrected chi connectivity index (χ1v) is 6.31. The Hall–Kier alpha value is -1.89. The lowest BCUT2D eigenvalue weighted by Gasteiger charge is -2.22. The molecule has 1 saturated heterocycles. The summed E-state index contributed by atoms with van der Waals surface area (Å²) in [6, 6.07) is 0. The van der Waals surface area contributed by atoms with Gasteiger partial charge in [-0.2, -0.15) is 15.1 Å². The summed E-state index contributed by atoms with van der Waals surface area (Å²) in [7, 11) is 0. The van der Waals surface area contributed by atoms with Crippen LogP contribution in [0.15, 0.2) is 6.20 Å². The highest BCUT2D eigenvalue weighted by molar-refractivity contribution is 5.87. The summed E-state index contributed by atoms with van der Waals surface area (Å²) in [6.07, 6.45) is 6.76. The second-order valence-electron chi connectivity index (χ2n) is 4.55. The highest BCUT2D eigenvalue weighted by atomic mass is 15.3. The SMILES string of the molecule is NNc1nc(N2CCCCCC2)c2cn[nH]c2n1. The zero-order valence-electron chi connectivity index (χ0n) is 10.2. The lowest BCUT2D eigenvalue weighted by Crippen LogP contribution is -2.26. The Morgan fingerprint density at radius 1 is 1.17 bits per heavy atom. The van der Waals surface area contributed by atoms with Gasteiger partial charge in [0.2, 0.25) is 5.95 Å². The highest BCUT2D eigenvalue weighted by Crippen LogP contribution is 2.25. The number of nitrogen functional groups attached to an aromatic ring is 1. The summed E-state index contributed by atoms with van der Waals surface area (Å²) in [6.45, 7) is 2.06. The fraction of sp³-hybridized carbons (Fsp3) is 0.545. The number of anilines is 2. The Kier molecular flexibility index (Phi) is 2.97. The number of rotatable bonds is 2. The molecule has 0 atom stereocenters. The van der Waals surface area contributed by atoms with Gasteiger partial charge in [0.15, 0.2) is 5.65 Å². The van der Waals surface area contributed by atoms with E-state index in [0.717, 1.165) is 29.9 Å². The van der Waals surface area contributed by atoms with Gasteiger partial charge >= 0.3 is 0 Å². The number of aromatic amines is 1. The number of nitrogens with zero attached hydrogens (tertiary/aromatic N) is 4. The Balaban J connectivity index is 2.04. The third kappa shape index (κ3) is 1.97. The van der Waals surface area contributed by atoms with Crippen molar-refractivity contribution >= 4 is 22.8 Å². The van der Waals surface area contributed by atoms with E-state index in [-0.39, 0.29) is 0 Å². The van der Waals surface area contributed by atoms with E-state index < -0.39 is 0 Å². The van der Waals surface area contributed by atoms with E-state index in [4.69, 9.17) is 5.84 Å². The number of hydrogen-bond acceptors (Lipinski definition) is 6. The smallest absolute Gasteiger partial charge is 0.241 e. The second kappa shape index (κ2) is 4.77. The molecule has 4 N–H and O–H groups in total. The maximum absolute atomic E-state index is 5.41. The van der Waals surface area contributed by atoms with Crippen LogP contribution in [0.5, 0.6) is 0 Å². The maximum atomic E-state index is 5.41. The van der Waals surface area contributed by atoms with Gasteiger partial charge in [-0.25, -0.2) is 5.84 Å². The average molecular weight is 247 g/mol. The number of hydrogen-bond donors (Lipinski definition) is 3. The first kappa shape index (κ1) is 11.2. The Labute approximate surface area is 105 Å².